The predicted octanol–water partition coefficient (Wildman–Crippen LogP) is 2.86. The van der Waals surface area contributed by atoms with Gasteiger partial charge in [0.25, 0.3) is 0 Å². The van der Waals surface area contributed by atoms with Gasteiger partial charge in [0.2, 0.25) is 0 Å². The minimum atomic E-state index is -1.01. The van der Waals surface area contributed by atoms with Gasteiger partial charge in [0.1, 0.15) is 0 Å². The first-order valence-corrected chi connectivity index (χ1v) is 5.81. The summed E-state index contributed by atoms with van der Waals surface area (Å²) < 4.78 is 2.63. The Morgan fingerprint density at radius 1 is 1.47 bits per heavy atom. The number of carbonyl (C=O) groups is 1. The number of benzene rings is 1. The van der Waals surface area contributed by atoms with Crippen LogP contribution >= 0.6 is 15.9 Å². The Balaban J connectivity index is 2.71. The van der Waals surface area contributed by atoms with Gasteiger partial charge < -0.3 is 9.67 Å². The maximum Gasteiger partial charge on any atom is 0.356 e. The first-order valence-electron chi connectivity index (χ1n) is 5.02. The van der Waals surface area contributed by atoms with Gasteiger partial charge in [-0.3, -0.25) is 0 Å². The Morgan fingerprint density at radius 3 is 2.82 bits per heavy atom. The topological polar surface area (TPSA) is 55.1 Å². The van der Waals surface area contributed by atoms with Crippen molar-refractivity contribution in [3.8, 4) is 11.3 Å². The van der Waals surface area contributed by atoms with Gasteiger partial charge in [-0.15, -0.1) is 0 Å². The maximum absolute atomic E-state index is 11.1. The van der Waals surface area contributed by atoms with Crippen LogP contribution in [0.15, 0.2) is 29.0 Å². The van der Waals surface area contributed by atoms with Crippen LogP contribution in [-0.2, 0) is 7.05 Å². The molecule has 0 saturated heterocycles. The second-order valence-corrected chi connectivity index (χ2v) is 4.73. The third-order valence-corrected chi connectivity index (χ3v) is 3.09. The maximum atomic E-state index is 11.1. The summed E-state index contributed by atoms with van der Waals surface area (Å²) in [4.78, 5) is 15.0. The van der Waals surface area contributed by atoms with E-state index in [1.807, 2.05) is 25.1 Å². The van der Waals surface area contributed by atoms with Crippen LogP contribution in [-0.4, -0.2) is 20.6 Å². The molecule has 0 aliphatic rings. The molecule has 88 valence electrons. The SMILES string of the molecule is Cc1ccc(Br)cc1-c1c(C(=O)O)ncn1C. The van der Waals surface area contributed by atoms with Crippen molar-refractivity contribution in [2.45, 2.75) is 6.92 Å². The number of nitrogens with zero attached hydrogens (tertiary/aromatic N) is 2. The number of carboxylic acids is 1. The van der Waals surface area contributed by atoms with Crippen molar-refractivity contribution >= 4 is 21.9 Å². The van der Waals surface area contributed by atoms with E-state index in [-0.39, 0.29) is 5.69 Å². The predicted molar refractivity (Wildman–Crippen MR) is 68.0 cm³/mol. The van der Waals surface area contributed by atoms with Crippen molar-refractivity contribution in [1.29, 1.82) is 0 Å². The number of halogens is 1. The molecular weight excluding hydrogens is 284 g/mol. The number of aromatic nitrogens is 2. The number of aromatic carboxylic acids is 1. The smallest absolute Gasteiger partial charge is 0.356 e. The summed E-state index contributed by atoms with van der Waals surface area (Å²) in [5.74, 6) is -1.01. The number of rotatable bonds is 2. The van der Waals surface area contributed by atoms with Crippen LogP contribution in [0.2, 0.25) is 0 Å². The molecule has 17 heavy (non-hydrogen) atoms. The monoisotopic (exact) mass is 294 g/mol. The van der Waals surface area contributed by atoms with E-state index in [4.69, 9.17) is 5.11 Å². The number of aryl methyl sites for hydroxylation is 2. The van der Waals surface area contributed by atoms with Gasteiger partial charge in [0.05, 0.1) is 12.0 Å². The molecular formula is C12H11BrN2O2. The summed E-state index contributed by atoms with van der Waals surface area (Å²) in [5.41, 5.74) is 2.58. The van der Waals surface area contributed by atoms with E-state index in [0.717, 1.165) is 15.6 Å². The van der Waals surface area contributed by atoms with Crippen LogP contribution in [0, 0.1) is 6.92 Å². The number of imidazole rings is 1. The first kappa shape index (κ1) is 11.9. The Kier molecular flexibility index (Phi) is 3.02. The summed E-state index contributed by atoms with van der Waals surface area (Å²) in [6.07, 6.45) is 1.51. The lowest BCUT2D eigenvalue weighted by atomic mass is 10.0. The van der Waals surface area contributed by atoms with E-state index in [1.165, 1.54) is 6.33 Å². The highest BCUT2D eigenvalue weighted by Gasteiger charge is 2.18. The van der Waals surface area contributed by atoms with Gasteiger partial charge in [-0.05, 0) is 24.6 Å². The molecule has 1 aromatic heterocycles. The van der Waals surface area contributed by atoms with Gasteiger partial charge in [-0.1, -0.05) is 22.0 Å². The molecule has 1 aromatic carbocycles. The lowest BCUT2D eigenvalue weighted by Gasteiger charge is -2.08. The lowest BCUT2D eigenvalue weighted by molar-refractivity contribution is 0.0692. The third kappa shape index (κ3) is 2.10. The normalized spacial score (nSPS) is 10.5. The molecule has 0 aliphatic heterocycles. The quantitative estimate of drug-likeness (QED) is 0.927. The highest BCUT2D eigenvalue weighted by Crippen LogP contribution is 2.28. The van der Waals surface area contributed by atoms with E-state index in [2.05, 4.69) is 20.9 Å². The summed E-state index contributed by atoms with van der Waals surface area (Å²) in [5, 5.41) is 9.11. The fraction of sp³-hybridized carbons (Fsp3) is 0.167. The average Bonchev–Trinajstić information content (AvgIpc) is 2.64. The van der Waals surface area contributed by atoms with Crippen LogP contribution in [0.25, 0.3) is 11.3 Å². The molecule has 0 unspecified atom stereocenters. The second kappa shape index (κ2) is 4.33. The van der Waals surface area contributed by atoms with E-state index < -0.39 is 5.97 Å². The fourth-order valence-electron chi connectivity index (χ4n) is 1.75. The fourth-order valence-corrected chi connectivity index (χ4v) is 2.11. The third-order valence-electron chi connectivity index (χ3n) is 2.59. The van der Waals surface area contributed by atoms with E-state index in [9.17, 15) is 4.79 Å². The molecule has 2 rings (SSSR count). The van der Waals surface area contributed by atoms with Crippen LogP contribution in [0.4, 0.5) is 0 Å². The van der Waals surface area contributed by atoms with Crippen LogP contribution in [0.1, 0.15) is 16.1 Å². The lowest BCUT2D eigenvalue weighted by Crippen LogP contribution is -2.02. The van der Waals surface area contributed by atoms with Crippen molar-refractivity contribution in [1.82, 2.24) is 9.55 Å². The van der Waals surface area contributed by atoms with Crippen LogP contribution in [0.5, 0.6) is 0 Å². The molecule has 4 nitrogen and oxygen atoms in total. The minimum absolute atomic E-state index is 0.0775. The molecule has 1 N–H and O–H groups in total. The molecule has 2 aromatic rings. The first-order chi connectivity index (χ1) is 8.00. The zero-order valence-corrected chi connectivity index (χ0v) is 11.0. The van der Waals surface area contributed by atoms with E-state index >= 15 is 0 Å². The zero-order chi connectivity index (χ0) is 12.6. The number of hydrogen-bond acceptors (Lipinski definition) is 2. The average molecular weight is 295 g/mol. The molecule has 0 fully saturated rings. The summed E-state index contributed by atoms with van der Waals surface area (Å²) >= 11 is 3.39. The van der Waals surface area contributed by atoms with E-state index in [0.29, 0.717) is 5.69 Å². The molecule has 0 spiro atoms. The molecule has 0 radical (unpaired) electrons. The highest BCUT2D eigenvalue weighted by molar-refractivity contribution is 9.10. The van der Waals surface area contributed by atoms with Crippen molar-refractivity contribution in [2.75, 3.05) is 0 Å². The summed E-state index contributed by atoms with van der Waals surface area (Å²) in [6, 6.07) is 5.77. The zero-order valence-electron chi connectivity index (χ0n) is 9.44. The molecule has 1 heterocycles. The Morgan fingerprint density at radius 2 is 2.18 bits per heavy atom. The Bertz CT molecular complexity index is 590. The minimum Gasteiger partial charge on any atom is -0.476 e. The Hall–Kier alpha value is -1.62. The van der Waals surface area contributed by atoms with Gasteiger partial charge in [0, 0.05) is 17.1 Å². The number of carboxylic acid groups (broad SMARTS) is 1. The van der Waals surface area contributed by atoms with Crippen molar-refractivity contribution in [3.05, 3.63) is 40.3 Å². The molecule has 0 amide bonds. The van der Waals surface area contributed by atoms with Gasteiger partial charge in [-0.2, -0.15) is 0 Å². The van der Waals surface area contributed by atoms with Gasteiger partial charge in [0.15, 0.2) is 5.69 Å². The van der Waals surface area contributed by atoms with Crippen LogP contribution in [0.3, 0.4) is 0 Å². The molecule has 0 atom stereocenters. The Labute approximate surface area is 107 Å². The second-order valence-electron chi connectivity index (χ2n) is 3.82. The molecule has 5 heteroatoms. The molecule has 0 saturated carbocycles. The van der Waals surface area contributed by atoms with Crippen molar-refractivity contribution in [3.63, 3.8) is 0 Å². The standard InChI is InChI=1S/C12H11BrN2O2/c1-7-3-4-8(13)5-9(7)11-10(12(16)17)14-6-15(11)2/h3-6H,1-2H3,(H,16,17). The van der Waals surface area contributed by atoms with Gasteiger partial charge >= 0.3 is 5.97 Å². The van der Waals surface area contributed by atoms with E-state index in [1.54, 1.807) is 11.6 Å². The van der Waals surface area contributed by atoms with Gasteiger partial charge in [-0.25, -0.2) is 9.78 Å². The largest absolute Gasteiger partial charge is 0.476 e. The van der Waals surface area contributed by atoms with Crippen molar-refractivity contribution in [2.24, 2.45) is 7.05 Å². The number of hydrogen-bond donors (Lipinski definition) is 1. The molecule has 0 aliphatic carbocycles. The molecule has 0 bridgehead atoms. The summed E-state index contributed by atoms with van der Waals surface area (Å²) in [6.45, 7) is 1.94. The highest BCUT2D eigenvalue weighted by atomic mass is 79.9. The van der Waals surface area contributed by atoms with Crippen molar-refractivity contribution < 1.29 is 9.90 Å². The van der Waals surface area contributed by atoms with Crippen LogP contribution < -0.4 is 0 Å². The summed E-state index contributed by atoms with van der Waals surface area (Å²) in [7, 11) is 1.79.